The summed E-state index contributed by atoms with van der Waals surface area (Å²) in [4.78, 5) is 70.4. The molecule has 0 spiro atoms. The van der Waals surface area contributed by atoms with Crippen LogP contribution in [0.3, 0.4) is 0 Å². The number of amides is 3. The highest BCUT2D eigenvalue weighted by molar-refractivity contribution is 7.54. The van der Waals surface area contributed by atoms with Crippen LogP contribution in [-0.2, 0) is 42.1 Å². The maximum absolute atomic E-state index is 13.9. The molecule has 0 aliphatic carbocycles. The fraction of sp³-hybridized carbons (Fsp3) is 0.533. The van der Waals surface area contributed by atoms with Crippen LogP contribution in [0.5, 0.6) is 0 Å². The number of unbranched alkanes of at least 4 members (excludes halogenated alkanes) is 1. The van der Waals surface area contributed by atoms with Crippen LogP contribution in [0.4, 0.5) is 14.4 Å². The molecule has 17 nitrogen and oxygen atoms in total. The van der Waals surface area contributed by atoms with Crippen LogP contribution in [0.2, 0.25) is 0 Å². The summed E-state index contributed by atoms with van der Waals surface area (Å²) in [5.41, 5.74) is 0.772. The van der Waals surface area contributed by atoms with Crippen LogP contribution in [0.15, 0.2) is 35.7 Å². The van der Waals surface area contributed by atoms with Crippen molar-refractivity contribution in [2.45, 2.75) is 39.7 Å². The first-order valence-corrected chi connectivity index (χ1v) is 18.2. The summed E-state index contributed by atoms with van der Waals surface area (Å²) in [6, 6.07) is 7.61. The van der Waals surface area contributed by atoms with Crippen LogP contribution >= 0.6 is 18.9 Å². The number of hydrogen-bond donors (Lipinski definition) is 1. The quantitative estimate of drug-likeness (QED) is 0.0786. The van der Waals surface area contributed by atoms with Gasteiger partial charge in [0.2, 0.25) is 19.5 Å². The van der Waals surface area contributed by atoms with E-state index in [4.69, 9.17) is 23.3 Å². The number of hydrogen-bond acceptors (Lipinski definition) is 15. The number of nitrogens with one attached hydrogen (secondary N) is 1. The van der Waals surface area contributed by atoms with E-state index in [2.05, 4.69) is 19.8 Å². The molecule has 1 atom stereocenters. The molecule has 0 saturated carbocycles. The van der Waals surface area contributed by atoms with Gasteiger partial charge in [0.25, 0.3) is 5.91 Å². The van der Waals surface area contributed by atoms with Gasteiger partial charge in [0, 0.05) is 37.1 Å². The Kier molecular flexibility index (Phi) is 16.2. The normalized spacial score (nSPS) is 13.6. The first kappa shape index (κ1) is 39.2. The second-order valence-corrected chi connectivity index (χ2v) is 13.1. The summed E-state index contributed by atoms with van der Waals surface area (Å²) in [6.07, 6.45) is -1.94. The summed E-state index contributed by atoms with van der Waals surface area (Å²) >= 11 is 1.21. The fourth-order valence-corrected chi connectivity index (χ4v) is 6.44. The van der Waals surface area contributed by atoms with Crippen LogP contribution in [0.25, 0.3) is 10.6 Å². The predicted octanol–water partition coefficient (Wildman–Crippen LogP) is 4.48. The first-order chi connectivity index (χ1) is 23.6. The summed E-state index contributed by atoms with van der Waals surface area (Å²) in [5.74, 6) is -1.43. The summed E-state index contributed by atoms with van der Waals surface area (Å²) in [5, 5.41) is 4.63. The molecule has 1 fully saturated rings. The lowest BCUT2D eigenvalue weighted by atomic mass is 10.2. The van der Waals surface area contributed by atoms with Gasteiger partial charge < -0.3 is 38.8 Å². The summed E-state index contributed by atoms with van der Waals surface area (Å²) in [6.45, 7) is 3.94. The van der Waals surface area contributed by atoms with Crippen LogP contribution < -0.4 is 5.32 Å². The molecule has 49 heavy (non-hydrogen) atoms. The predicted molar refractivity (Wildman–Crippen MR) is 174 cm³/mol. The molecular formula is C30H41N4O13PS. The van der Waals surface area contributed by atoms with Crippen molar-refractivity contribution in [2.75, 3.05) is 65.7 Å². The standard InChI is InChI=1S/C30H41N4O13PS/c1-4-7-17-43-28(37)34-15-13-33(14-16-34)27(36)23(31-25(35)24-19-49-26(32-24)22-11-9-8-10-12-22)18-48(40,46-20-44-29(38)41-5-2)47-21-45-30(39)42-6-3/h8-12,19,23H,4-7,13-18,20-21H2,1-3H3,(H,31,35). The van der Waals surface area contributed by atoms with E-state index in [0.717, 1.165) is 18.4 Å². The number of carbonyl (C=O) groups is 5. The Bertz CT molecular complexity index is 1410. The average Bonchev–Trinajstić information content (AvgIpc) is 3.59. The average molecular weight is 729 g/mol. The van der Waals surface area contributed by atoms with Gasteiger partial charge in [-0.1, -0.05) is 43.7 Å². The molecule has 0 radical (unpaired) electrons. The van der Waals surface area contributed by atoms with Crippen molar-refractivity contribution in [3.05, 3.63) is 41.4 Å². The van der Waals surface area contributed by atoms with Crippen molar-refractivity contribution in [3.8, 4) is 10.6 Å². The Morgan fingerprint density at radius 2 is 1.45 bits per heavy atom. The van der Waals surface area contributed by atoms with Gasteiger partial charge in [0.1, 0.15) is 16.7 Å². The van der Waals surface area contributed by atoms with Crippen LogP contribution in [-0.4, -0.2) is 117 Å². The van der Waals surface area contributed by atoms with Gasteiger partial charge in [-0.05, 0) is 20.3 Å². The highest BCUT2D eigenvalue weighted by atomic mass is 32.1. The van der Waals surface area contributed by atoms with E-state index in [1.165, 1.54) is 26.5 Å². The second kappa shape index (κ2) is 20.3. The summed E-state index contributed by atoms with van der Waals surface area (Å²) in [7, 11) is -4.49. The maximum Gasteiger partial charge on any atom is 0.510 e. The van der Waals surface area contributed by atoms with E-state index in [9.17, 15) is 28.5 Å². The van der Waals surface area contributed by atoms with Gasteiger partial charge in [0.15, 0.2) is 0 Å². The zero-order valence-corrected chi connectivity index (χ0v) is 29.2. The van der Waals surface area contributed by atoms with Crippen molar-refractivity contribution in [1.82, 2.24) is 20.1 Å². The molecule has 2 aromatic rings. The number of thiazole rings is 1. The minimum Gasteiger partial charge on any atom is -0.449 e. The Balaban J connectivity index is 1.81. The van der Waals surface area contributed by atoms with E-state index < -0.39 is 63.6 Å². The second-order valence-electron chi connectivity index (χ2n) is 10.2. The monoisotopic (exact) mass is 728 g/mol. The van der Waals surface area contributed by atoms with Crippen molar-refractivity contribution in [2.24, 2.45) is 0 Å². The van der Waals surface area contributed by atoms with Gasteiger partial charge >= 0.3 is 26.0 Å². The molecule has 1 aliphatic rings. The lowest BCUT2D eigenvalue weighted by Crippen LogP contribution is -2.57. The Labute approximate surface area is 287 Å². The number of aromatic nitrogens is 1. The van der Waals surface area contributed by atoms with E-state index >= 15 is 0 Å². The fourth-order valence-electron chi connectivity index (χ4n) is 4.23. The molecule has 270 valence electrons. The molecular weight excluding hydrogens is 687 g/mol. The summed E-state index contributed by atoms with van der Waals surface area (Å²) < 4.78 is 48.6. The Morgan fingerprint density at radius 3 is 2.02 bits per heavy atom. The first-order valence-electron chi connectivity index (χ1n) is 15.6. The molecule has 1 N–H and O–H groups in total. The number of nitrogens with zero attached hydrogens (tertiary/aromatic N) is 3. The number of carbonyl (C=O) groups excluding carboxylic acids is 5. The molecule has 1 unspecified atom stereocenters. The number of benzene rings is 1. The highest BCUT2D eigenvalue weighted by Gasteiger charge is 2.38. The van der Waals surface area contributed by atoms with Crippen LogP contribution in [0.1, 0.15) is 44.1 Å². The molecule has 0 bridgehead atoms. The van der Waals surface area contributed by atoms with E-state index in [1.54, 1.807) is 13.8 Å². The van der Waals surface area contributed by atoms with Crippen molar-refractivity contribution < 1.29 is 61.3 Å². The van der Waals surface area contributed by atoms with Crippen molar-refractivity contribution in [3.63, 3.8) is 0 Å². The zero-order valence-electron chi connectivity index (χ0n) is 27.5. The van der Waals surface area contributed by atoms with Gasteiger partial charge in [-0.3, -0.25) is 23.2 Å². The molecule has 19 heteroatoms. The Hall–Kier alpha value is -4.25. The molecule has 1 aliphatic heterocycles. The third-order valence-electron chi connectivity index (χ3n) is 6.72. The number of piperazine rings is 1. The van der Waals surface area contributed by atoms with Crippen LogP contribution in [0, 0.1) is 0 Å². The molecule has 3 amide bonds. The van der Waals surface area contributed by atoms with E-state index in [-0.39, 0.29) is 51.7 Å². The third kappa shape index (κ3) is 12.9. The minimum atomic E-state index is -4.49. The largest absolute Gasteiger partial charge is 0.510 e. The topological polar surface area (TPSA) is 198 Å². The molecule has 1 aromatic carbocycles. The molecule has 3 rings (SSSR count). The maximum atomic E-state index is 13.9. The van der Waals surface area contributed by atoms with Gasteiger partial charge in [-0.15, -0.1) is 11.3 Å². The number of ether oxygens (including phenoxy) is 5. The smallest absolute Gasteiger partial charge is 0.449 e. The minimum absolute atomic E-state index is 0.00465. The SMILES string of the molecule is CCCCOC(=O)N1CCN(C(=O)C(CP(=O)(OCOC(=O)OCC)OCOC(=O)OCC)NC(=O)c2csc(-c3ccccc3)n2)CC1. The lowest BCUT2D eigenvalue weighted by molar-refractivity contribution is -0.134. The van der Waals surface area contributed by atoms with Gasteiger partial charge in [-0.2, -0.15) is 0 Å². The van der Waals surface area contributed by atoms with E-state index in [0.29, 0.717) is 5.01 Å². The van der Waals surface area contributed by atoms with Gasteiger partial charge in [-0.25, -0.2) is 19.4 Å². The lowest BCUT2D eigenvalue weighted by Gasteiger charge is -2.36. The van der Waals surface area contributed by atoms with Crippen molar-refractivity contribution >= 4 is 49.2 Å². The third-order valence-corrected chi connectivity index (χ3v) is 9.42. The zero-order chi connectivity index (χ0) is 35.6. The molecule has 1 saturated heterocycles. The van der Waals surface area contributed by atoms with Crippen molar-refractivity contribution in [1.29, 1.82) is 0 Å². The Morgan fingerprint density at radius 1 is 0.857 bits per heavy atom. The van der Waals surface area contributed by atoms with E-state index in [1.807, 2.05) is 37.3 Å². The highest BCUT2D eigenvalue weighted by Crippen LogP contribution is 2.49. The molecule has 2 heterocycles. The van der Waals surface area contributed by atoms with Gasteiger partial charge in [0.05, 0.1) is 26.0 Å². The molecule has 1 aromatic heterocycles. The number of rotatable bonds is 17.